The maximum atomic E-state index is 12.5. The number of nitrogens with two attached hydrogens (primary N) is 1. The zero-order valence-corrected chi connectivity index (χ0v) is 14.0. The van der Waals surface area contributed by atoms with Crippen molar-refractivity contribution >= 4 is 21.8 Å². The van der Waals surface area contributed by atoms with Gasteiger partial charge in [-0.2, -0.15) is 9.40 Å². The lowest BCUT2D eigenvalue weighted by Crippen LogP contribution is -2.44. The summed E-state index contributed by atoms with van der Waals surface area (Å²) >= 11 is 0. The Bertz CT molecular complexity index is 699. The lowest BCUT2D eigenvalue weighted by Gasteiger charge is -2.35. The fourth-order valence-electron chi connectivity index (χ4n) is 2.59. The first kappa shape index (κ1) is 17.4. The lowest BCUT2D eigenvalue weighted by atomic mass is 9.99. The molecule has 0 aromatic carbocycles. The number of likely N-dealkylation sites (tertiary alicyclic amines) is 1. The molecule has 1 fully saturated rings. The van der Waals surface area contributed by atoms with Crippen LogP contribution in [0.25, 0.3) is 0 Å². The number of aromatic nitrogens is 2. The van der Waals surface area contributed by atoms with E-state index >= 15 is 0 Å². The van der Waals surface area contributed by atoms with E-state index in [0.717, 1.165) is 23.4 Å². The molecule has 0 radical (unpaired) electrons. The molecule has 1 atom stereocenters. The average Bonchev–Trinajstić information content (AvgIpc) is 2.96. The summed E-state index contributed by atoms with van der Waals surface area (Å²) in [7, 11) is -2.05. The Kier molecular flexibility index (Phi) is 5.05. The lowest BCUT2D eigenvalue weighted by molar-refractivity contribution is -0.135. The highest BCUT2D eigenvalue weighted by molar-refractivity contribution is 7.88. The van der Waals surface area contributed by atoms with Crippen LogP contribution in [0.3, 0.4) is 0 Å². The number of piperidine rings is 1. The minimum atomic E-state index is -3.42. The molecule has 1 aromatic rings. The third-order valence-electron chi connectivity index (χ3n) is 3.96. The highest BCUT2D eigenvalue weighted by Crippen LogP contribution is 2.30. The minimum Gasteiger partial charge on any atom is -0.364 e. The molecule has 2 amide bonds. The SMILES string of the molecule is CN(CC(=O)N1CCCCC1c1cc(C(N)=O)n[nH]1)S(C)(=O)=O. The Balaban J connectivity index is 2.17. The first-order valence-corrected chi connectivity index (χ1v) is 9.11. The van der Waals surface area contributed by atoms with Gasteiger partial charge < -0.3 is 10.6 Å². The van der Waals surface area contributed by atoms with Crippen molar-refractivity contribution < 1.29 is 18.0 Å². The number of likely N-dealkylation sites (N-methyl/N-ethyl adjacent to an activating group) is 1. The molecule has 0 aliphatic carbocycles. The molecule has 1 saturated heterocycles. The molecule has 3 N–H and O–H groups in total. The monoisotopic (exact) mass is 343 g/mol. The van der Waals surface area contributed by atoms with Crippen LogP contribution in [0.5, 0.6) is 0 Å². The molecule has 128 valence electrons. The van der Waals surface area contributed by atoms with Crippen LogP contribution in [0.2, 0.25) is 0 Å². The molecule has 0 saturated carbocycles. The molecular formula is C13H21N5O4S. The van der Waals surface area contributed by atoms with E-state index in [9.17, 15) is 18.0 Å². The van der Waals surface area contributed by atoms with E-state index < -0.39 is 15.9 Å². The summed E-state index contributed by atoms with van der Waals surface area (Å²) in [6.07, 6.45) is 3.56. The average molecular weight is 343 g/mol. The zero-order valence-electron chi connectivity index (χ0n) is 13.2. The van der Waals surface area contributed by atoms with Crippen LogP contribution in [0.4, 0.5) is 0 Å². The van der Waals surface area contributed by atoms with Crippen molar-refractivity contribution in [2.75, 3.05) is 26.4 Å². The van der Waals surface area contributed by atoms with Crippen molar-refractivity contribution in [3.63, 3.8) is 0 Å². The molecule has 23 heavy (non-hydrogen) atoms. The van der Waals surface area contributed by atoms with Gasteiger partial charge in [-0.05, 0) is 25.3 Å². The number of carbonyl (C=O) groups is 2. The Hall–Kier alpha value is -1.94. The maximum Gasteiger partial charge on any atom is 0.269 e. The summed E-state index contributed by atoms with van der Waals surface area (Å²) in [5.41, 5.74) is 5.94. The van der Waals surface area contributed by atoms with Crippen LogP contribution >= 0.6 is 0 Å². The van der Waals surface area contributed by atoms with Crippen LogP contribution in [-0.4, -0.2) is 66.0 Å². The van der Waals surface area contributed by atoms with Crippen molar-refractivity contribution in [1.29, 1.82) is 0 Å². The molecule has 0 spiro atoms. The second-order valence-electron chi connectivity index (χ2n) is 5.69. The van der Waals surface area contributed by atoms with Crippen LogP contribution in [0.1, 0.15) is 41.5 Å². The number of nitrogens with zero attached hydrogens (tertiary/aromatic N) is 3. The van der Waals surface area contributed by atoms with E-state index in [1.54, 1.807) is 11.0 Å². The fraction of sp³-hybridized carbons (Fsp3) is 0.615. The normalized spacial score (nSPS) is 19.1. The number of primary amides is 1. The molecule has 1 aromatic heterocycles. The number of H-pyrrole nitrogens is 1. The highest BCUT2D eigenvalue weighted by atomic mass is 32.2. The van der Waals surface area contributed by atoms with Crippen molar-refractivity contribution in [3.8, 4) is 0 Å². The fourth-order valence-corrected chi connectivity index (χ4v) is 2.93. The largest absolute Gasteiger partial charge is 0.364 e. The van der Waals surface area contributed by atoms with Crippen LogP contribution in [-0.2, 0) is 14.8 Å². The molecule has 2 rings (SSSR count). The second kappa shape index (κ2) is 6.67. The van der Waals surface area contributed by atoms with Gasteiger partial charge in [0.25, 0.3) is 5.91 Å². The van der Waals surface area contributed by atoms with Gasteiger partial charge in [0.15, 0.2) is 0 Å². The molecule has 10 heteroatoms. The number of hydrogen-bond donors (Lipinski definition) is 2. The standard InChI is InChI=1S/C13H21N5O4S/c1-17(23(2,21)22)8-12(19)18-6-4-3-5-11(18)9-7-10(13(14)20)16-15-9/h7,11H,3-6,8H2,1-2H3,(H2,14,20)(H,15,16). The van der Waals surface area contributed by atoms with Gasteiger partial charge in [-0.1, -0.05) is 0 Å². The van der Waals surface area contributed by atoms with Gasteiger partial charge in [0.05, 0.1) is 24.5 Å². The van der Waals surface area contributed by atoms with Crippen molar-refractivity contribution in [1.82, 2.24) is 19.4 Å². The summed E-state index contributed by atoms with van der Waals surface area (Å²) in [4.78, 5) is 25.3. The van der Waals surface area contributed by atoms with E-state index in [4.69, 9.17) is 5.73 Å². The van der Waals surface area contributed by atoms with Crippen LogP contribution < -0.4 is 5.73 Å². The molecule has 1 aliphatic heterocycles. The van der Waals surface area contributed by atoms with Gasteiger partial charge in [-0.3, -0.25) is 14.7 Å². The smallest absolute Gasteiger partial charge is 0.269 e. The number of amides is 2. The predicted molar refractivity (Wildman–Crippen MR) is 82.9 cm³/mol. The van der Waals surface area contributed by atoms with Gasteiger partial charge in [-0.25, -0.2) is 8.42 Å². The molecule has 1 aliphatic rings. The third kappa shape index (κ3) is 4.08. The van der Waals surface area contributed by atoms with Crippen molar-refractivity contribution in [2.24, 2.45) is 5.73 Å². The van der Waals surface area contributed by atoms with Gasteiger partial charge in [0, 0.05) is 13.6 Å². The highest BCUT2D eigenvalue weighted by Gasteiger charge is 2.31. The Morgan fingerprint density at radius 2 is 2.17 bits per heavy atom. The number of hydrogen-bond acceptors (Lipinski definition) is 5. The van der Waals surface area contributed by atoms with Crippen LogP contribution in [0.15, 0.2) is 6.07 Å². The molecule has 1 unspecified atom stereocenters. The quantitative estimate of drug-likeness (QED) is 0.741. The van der Waals surface area contributed by atoms with Crippen molar-refractivity contribution in [3.05, 3.63) is 17.5 Å². The maximum absolute atomic E-state index is 12.5. The van der Waals surface area contributed by atoms with Gasteiger partial charge in [0.1, 0.15) is 5.69 Å². The first-order chi connectivity index (χ1) is 10.7. The Labute approximate surface area is 134 Å². The summed E-state index contributed by atoms with van der Waals surface area (Å²) in [5.74, 6) is -0.921. The zero-order chi connectivity index (χ0) is 17.2. The summed E-state index contributed by atoms with van der Waals surface area (Å²) in [6, 6.07) is 1.28. The Morgan fingerprint density at radius 1 is 1.48 bits per heavy atom. The van der Waals surface area contributed by atoms with Crippen molar-refractivity contribution in [2.45, 2.75) is 25.3 Å². The van der Waals surface area contributed by atoms with Gasteiger partial charge >= 0.3 is 0 Å². The minimum absolute atomic E-state index is 0.117. The second-order valence-corrected chi connectivity index (χ2v) is 7.78. The molecular weight excluding hydrogens is 322 g/mol. The Morgan fingerprint density at radius 3 is 2.74 bits per heavy atom. The van der Waals surface area contributed by atoms with E-state index in [0.29, 0.717) is 18.7 Å². The number of rotatable bonds is 5. The summed E-state index contributed by atoms with van der Waals surface area (Å²) in [6.45, 7) is 0.318. The van der Waals surface area contributed by atoms with E-state index in [1.165, 1.54) is 7.05 Å². The number of carbonyl (C=O) groups excluding carboxylic acids is 2. The van der Waals surface area contributed by atoms with E-state index in [1.807, 2.05) is 0 Å². The topological polar surface area (TPSA) is 129 Å². The van der Waals surface area contributed by atoms with E-state index in [-0.39, 0.29) is 24.2 Å². The first-order valence-electron chi connectivity index (χ1n) is 7.26. The predicted octanol–water partition coefficient (Wildman–Crippen LogP) is -0.546. The van der Waals surface area contributed by atoms with Gasteiger partial charge in [-0.15, -0.1) is 0 Å². The summed E-state index contributed by atoms with van der Waals surface area (Å²) in [5, 5.41) is 6.59. The van der Waals surface area contributed by atoms with Crippen LogP contribution in [0, 0.1) is 0 Å². The number of nitrogens with one attached hydrogen (secondary N) is 1. The van der Waals surface area contributed by atoms with Gasteiger partial charge in [0.2, 0.25) is 15.9 Å². The number of aromatic amines is 1. The molecule has 9 nitrogen and oxygen atoms in total. The summed E-state index contributed by atoms with van der Waals surface area (Å²) < 4.78 is 24.0. The number of sulfonamides is 1. The molecule has 2 heterocycles. The third-order valence-corrected chi connectivity index (χ3v) is 5.22. The van der Waals surface area contributed by atoms with E-state index in [2.05, 4.69) is 10.2 Å². The molecule has 0 bridgehead atoms.